The third kappa shape index (κ3) is 14.2. The Bertz CT molecular complexity index is 363. The molecule has 1 fully saturated rings. The molecule has 4 nitrogen and oxygen atoms in total. The molecule has 0 aromatic carbocycles. The number of carbonyl (C=O) groups is 2. The molecule has 1 N–H and O–H groups in total. The summed E-state index contributed by atoms with van der Waals surface area (Å²) in [5.41, 5.74) is 0. The van der Waals surface area contributed by atoms with Crippen LogP contribution in [0, 0.1) is 0 Å². The summed E-state index contributed by atoms with van der Waals surface area (Å²) in [6, 6.07) is -0.268. The normalized spacial score (nSPS) is 16.3. The first-order valence-electron chi connectivity index (χ1n) is 10.7. The van der Waals surface area contributed by atoms with Crippen molar-refractivity contribution in [1.29, 1.82) is 0 Å². The quantitative estimate of drug-likeness (QED) is 0.206. The smallest absolute Gasteiger partial charge is 1.00 e. The molecule has 1 rings (SSSR count). The zero-order valence-electron chi connectivity index (χ0n) is 18.3. The summed E-state index contributed by atoms with van der Waals surface area (Å²) < 4.78 is 4.90. The first-order valence-corrected chi connectivity index (χ1v) is 10.7. The summed E-state index contributed by atoms with van der Waals surface area (Å²) in [7, 11) is 0. The van der Waals surface area contributed by atoms with Crippen LogP contribution in [0.1, 0.15) is 111 Å². The number of esters is 2. The number of hydrogen-bond acceptors (Lipinski definition) is 4. The minimum atomic E-state index is -0.391. The van der Waals surface area contributed by atoms with Crippen molar-refractivity contribution in [2.75, 3.05) is 6.54 Å². The van der Waals surface area contributed by atoms with E-state index in [-0.39, 0.29) is 43.0 Å². The fourth-order valence-corrected chi connectivity index (χ4v) is 3.41. The van der Waals surface area contributed by atoms with Crippen LogP contribution in [0.4, 0.5) is 0 Å². The molecule has 0 radical (unpaired) electrons. The molecule has 0 amide bonds. The van der Waals surface area contributed by atoms with E-state index >= 15 is 0 Å². The van der Waals surface area contributed by atoms with Gasteiger partial charge >= 0.3 is 41.5 Å². The molecule has 1 heterocycles. The van der Waals surface area contributed by atoms with Crippen molar-refractivity contribution in [1.82, 2.24) is 5.32 Å². The van der Waals surface area contributed by atoms with Gasteiger partial charge in [-0.25, -0.2) is 4.79 Å². The van der Waals surface area contributed by atoms with Gasteiger partial charge in [-0.2, -0.15) is 0 Å². The van der Waals surface area contributed by atoms with Gasteiger partial charge in [-0.1, -0.05) is 84.0 Å². The van der Waals surface area contributed by atoms with Crippen LogP contribution in [0.3, 0.4) is 0 Å². The summed E-state index contributed by atoms with van der Waals surface area (Å²) in [5, 5.41) is 3.05. The second-order valence-corrected chi connectivity index (χ2v) is 7.43. The van der Waals surface area contributed by atoms with Crippen molar-refractivity contribution in [2.24, 2.45) is 0 Å². The van der Waals surface area contributed by atoms with E-state index in [9.17, 15) is 9.59 Å². The molecule has 0 aliphatic carbocycles. The predicted molar refractivity (Wildman–Crippen MR) is 104 cm³/mol. The van der Waals surface area contributed by atoms with E-state index < -0.39 is 5.97 Å². The first-order chi connectivity index (χ1) is 12.2. The minimum absolute atomic E-state index is 0. The largest absolute Gasteiger partial charge is 1.00 e. The number of hydrogen-bond donors (Lipinski definition) is 1. The van der Waals surface area contributed by atoms with Gasteiger partial charge in [0.1, 0.15) is 6.04 Å². The van der Waals surface area contributed by atoms with E-state index in [1.54, 1.807) is 0 Å². The van der Waals surface area contributed by atoms with Crippen LogP contribution in [0.2, 0.25) is 0 Å². The van der Waals surface area contributed by atoms with Crippen LogP contribution in [0.5, 0.6) is 0 Å². The summed E-state index contributed by atoms with van der Waals surface area (Å²) in [6.45, 7) is 3.10. The van der Waals surface area contributed by atoms with Gasteiger partial charge in [0.15, 0.2) is 0 Å². The molecule has 0 aromatic rings. The van der Waals surface area contributed by atoms with Crippen molar-refractivity contribution in [3.8, 4) is 0 Å². The topological polar surface area (TPSA) is 55.4 Å². The molecule has 148 valence electrons. The number of rotatable bonds is 15. The predicted octanol–water partition coefficient (Wildman–Crippen LogP) is 2.41. The average Bonchev–Trinajstić information content (AvgIpc) is 3.13. The Balaban J connectivity index is 0. The Labute approximate surface area is 184 Å². The number of nitrogens with one attached hydrogen (secondary N) is 1. The Morgan fingerprint density at radius 2 is 1.38 bits per heavy atom. The Morgan fingerprint density at radius 1 is 0.885 bits per heavy atom. The third-order valence-corrected chi connectivity index (χ3v) is 5.04. The SMILES string of the molecule is CCCCCCCCCCCCCCCC(=O)OC(=O)[C@@H]1CCCN1.[H-].[Na+]. The van der Waals surface area contributed by atoms with Crippen LogP contribution in [0.25, 0.3) is 0 Å². The molecule has 0 aromatic heterocycles. The average molecular weight is 378 g/mol. The van der Waals surface area contributed by atoms with Gasteiger partial charge in [-0.05, 0) is 25.8 Å². The zero-order chi connectivity index (χ0) is 18.2. The molecule has 1 atom stereocenters. The van der Waals surface area contributed by atoms with E-state index in [1.807, 2.05) is 0 Å². The molecule has 26 heavy (non-hydrogen) atoms. The van der Waals surface area contributed by atoms with Crippen LogP contribution in [-0.2, 0) is 14.3 Å². The molecular formula is C21H40NNaO3. The van der Waals surface area contributed by atoms with Crippen LogP contribution in [-0.4, -0.2) is 24.5 Å². The maximum absolute atomic E-state index is 11.7. The van der Waals surface area contributed by atoms with Crippen molar-refractivity contribution in [3.05, 3.63) is 0 Å². The molecular weight excluding hydrogens is 337 g/mol. The number of carbonyl (C=O) groups excluding carboxylic acids is 2. The monoisotopic (exact) mass is 377 g/mol. The minimum Gasteiger partial charge on any atom is -1.00 e. The Hall–Kier alpha value is 0.1000. The van der Waals surface area contributed by atoms with Gasteiger partial charge in [0.05, 0.1) is 0 Å². The summed E-state index contributed by atoms with van der Waals surface area (Å²) >= 11 is 0. The third-order valence-electron chi connectivity index (χ3n) is 5.04. The maximum atomic E-state index is 11.7. The Kier molecular flexibility index (Phi) is 18.5. The van der Waals surface area contributed by atoms with E-state index in [0.29, 0.717) is 6.42 Å². The number of ether oxygens (including phenoxy) is 1. The van der Waals surface area contributed by atoms with Gasteiger partial charge in [0, 0.05) is 6.42 Å². The second kappa shape index (κ2) is 18.5. The first kappa shape index (κ1) is 26.1. The second-order valence-electron chi connectivity index (χ2n) is 7.43. The molecule has 0 saturated carbocycles. The van der Waals surface area contributed by atoms with Crippen molar-refractivity contribution in [2.45, 2.75) is 116 Å². The molecule has 1 aliphatic heterocycles. The van der Waals surface area contributed by atoms with E-state index in [0.717, 1.165) is 32.2 Å². The van der Waals surface area contributed by atoms with E-state index in [4.69, 9.17) is 4.74 Å². The molecule has 0 unspecified atom stereocenters. The van der Waals surface area contributed by atoms with Gasteiger partial charge in [0.25, 0.3) is 0 Å². The summed E-state index contributed by atoms with van der Waals surface area (Å²) in [4.78, 5) is 23.3. The Morgan fingerprint density at radius 3 is 1.85 bits per heavy atom. The van der Waals surface area contributed by atoms with Crippen molar-refractivity contribution >= 4 is 11.9 Å². The fourth-order valence-electron chi connectivity index (χ4n) is 3.41. The van der Waals surface area contributed by atoms with Crippen LogP contribution >= 0.6 is 0 Å². The maximum Gasteiger partial charge on any atom is 1.00 e. The molecule has 0 bridgehead atoms. The van der Waals surface area contributed by atoms with Gasteiger partial charge in [0.2, 0.25) is 0 Å². The molecule has 0 spiro atoms. The summed E-state index contributed by atoms with van der Waals surface area (Å²) in [6.07, 6.45) is 18.8. The fraction of sp³-hybridized carbons (Fsp3) is 0.905. The van der Waals surface area contributed by atoms with Gasteiger partial charge in [-0.3, -0.25) is 4.79 Å². The van der Waals surface area contributed by atoms with Crippen molar-refractivity contribution in [3.63, 3.8) is 0 Å². The zero-order valence-corrected chi connectivity index (χ0v) is 19.3. The van der Waals surface area contributed by atoms with Crippen LogP contribution in [0.15, 0.2) is 0 Å². The molecule has 5 heteroatoms. The van der Waals surface area contributed by atoms with E-state index in [2.05, 4.69) is 12.2 Å². The standard InChI is InChI=1S/C21H39NO3.Na.H/c1-2-3-4-5-6-7-8-9-10-11-12-13-14-17-20(23)25-21(24)19-16-15-18-22-19;;/h19,22H,2-18H2,1H3;;/q;+1;-1/t19-;;/m0../s1. The molecule has 1 saturated heterocycles. The van der Waals surface area contributed by atoms with Gasteiger partial charge in [-0.15, -0.1) is 0 Å². The van der Waals surface area contributed by atoms with E-state index in [1.165, 1.54) is 70.6 Å². The molecule has 1 aliphatic rings. The number of unbranched alkanes of at least 4 members (excludes halogenated alkanes) is 12. The van der Waals surface area contributed by atoms with Crippen molar-refractivity contribution < 1.29 is 45.3 Å². The summed E-state index contributed by atoms with van der Waals surface area (Å²) in [5.74, 6) is -0.751. The van der Waals surface area contributed by atoms with Crippen LogP contribution < -0.4 is 34.9 Å². The van der Waals surface area contributed by atoms with Gasteiger partial charge < -0.3 is 11.5 Å².